The molecule has 0 unspecified atom stereocenters. The van der Waals surface area contributed by atoms with E-state index in [2.05, 4.69) is 0 Å². The minimum atomic E-state index is -0.711. The van der Waals surface area contributed by atoms with Gasteiger partial charge in [0.1, 0.15) is 11.2 Å². The van der Waals surface area contributed by atoms with E-state index in [-0.39, 0.29) is 54.9 Å². The normalized spacial score (nSPS) is 16.6. The van der Waals surface area contributed by atoms with E-state index >= 15 is 0 Å². The van der Waals surface area contributed by atoms with Crippen LogP contribution in [-0.4, -0.2) is 0 Å². The van der Waals surface area contributed by atoms with Gasteiger partial charge in [0.2, 0.25) is 0 Å². The van der Waals surface area contributed by atoms with Crippen LogP contribution in [0.4, 0.5) is 0 Å². The van der Waals surface area contributed by atoms with Crippen LogP contribution in [0.3, 0.4) is 0 Å². The minimum Gasteiger partial charge on any atom is -0.455 e. The SMILES string of the molecule is [2H]c1c([2H])c([2H])c(Cc2c3c([2H])c([2H])c([2H])c([2H])c3c(Cc3c([2H])c([2H])c([2H])c(-c4cccc5c4oc4cc(-c6ccccc6)ccc45)c3[2H])c3c([2H])c([2H])c([2H])c([2H])c23)c([2H])c1[2H]. The van der Waals surface area contributed by atoms with Gasteiger partial charge in [-0.3, -0.25) is 0 Å². The van der Waals surface area contributed by atoms with Crippen LogP contribution in [0.15, 0.2) is 174 Å². The van der Waals surface area contributed by atoms with Crippen LogP contribution in [-0.2, 0) is 12.8 Å². The minimum absolute atomic E-state index is 0.0702. The Morgan fingerprint density at radius 1 is 0.447 bits per heavy atom. The summed E-state index contributed by atoms with van der Waals surface area (Å²) >= 11 is 0. The summed E-state index contributed by atoms with van der Waals surface area (Å²) in [5.74, 6) is 0. The molecule has 0 radical (unpaired) electrons. The molecule has 1 heteroatoms. The molecule has 0 N–H and O–H groups in total. The average Bonchev–Trinajstić information content (AvgIpc) is 3.68. The van der Waals surface area contributed by atoms with Crippen LogP contribution in [0, 0.1) is 0 Å². The van der Waals surface area contributed by atoms with Gasteiger partial charge < -0.3 is 4.42 Å². The van der Waals surface area contributed by atoms with E-state index in [9.17, 15) is 6.85 Å². The standard InChI is InChI=1S/C46H32O/c1-3-13-31(14-4-1)28-43-37-19-7-9-21-39(37)44(40-22-10-8-20-38(40)43)29-32-15-11-18-35(27-32)36-23-12-24-42-41-26-25-34(30-45(41)47-46(36)42)33-16-5-2-6-17-33/h1-27,30H,28-29H2/i1D,3D,4D,7D,8D,9D,10D,11D,13D,14D,15D,18D,19D,20D,21D,22D,27D. The van der Waals surface area contributed by atoms with Gasteiger partial charge in [0.05, 0.1) is 23.3 Å². The van der Waals surface area contributed by atoms with Crippen molar-refractivity contribution in [1.29, 1.82) is 0 Å². The molecule has 0 atom stereocenters. The lowest BCUT2D eigenvalue weighted by Gasteiger charge is -2.17. The first-order valence-electron chi connectivity index (χ1n) is 23.5. The molecule has 0 fully saturated rings. The monoisotopic (exact) mass is 617 g/mol. The molecule has 47 heavy (non-hydrogen) atoms. The predicted octanol–water partition coefficient (Wildman–Crippen LogP) is 12.4. The van der Waals surface area contributed by atoms with Crippen molar-refractivity contribution in [3.05, 3.63) is 192 Å². The van der Waals surface area contributed by atoms with Gasteiger partial charge in [0, 0.05) is 16.3 Å². The van der Waals surface area contributed by atoms with E-state index in [1.807, 2.05) is 54.6 Å². The molecule has 1 heterocycles. The Labute approximate surface area is 298 Å². The maximum atomic E-state index is 9.66. The quantitative estimate of drug-likeness (QED) is 0.169. The molecule has 0 aliphatic rings. The molecule has 0 spiro atoms. The zero-order valence-electron chi connectivity index (χ0n) is 41.7. The summed E-state index contributed by atoms with van der Waals surface area (Å²) in [7, 11) is 0. The molecular weight excluding hydrogens is 569 g/mol. The first-order valence-corrected chi connectivity index (χ1v) is 15.0. The van der Waals surface area contributed by atoms with E-state index < -0.39 is 116 Å². The summed E-state index contributed by atoms with van der Waals surface area (Å²) in [5.41, 5.74) is 2.13. The molecule has 222 valence electrons. The number of para-hydroxylation sites is 1. The Hall–Kier alpha value is -5.92. The summed E-state index contributed by atoms with van der Waals surface area (Å²) in [6, 6.07) is 9.98. The zero-order chi connectivity index (χ0) is 46.0. The van der Waals surface area contributed by atoms with Crippen molar-refractivity contribution in [2.75, 3.05) is 0 Å². The molecule has 0 saturated heterocycles. The van der Waals surface area contributed by atoms with Gasteiger partial charge in [-0.05, 0) is 85.5 Å². The third-order valence-corrected chi connectivity index (χ3v) is 8.39. The summed E-state index contributed by atoms with van der Waals surface area (Å²) < 4.78 is 157. The Balaban J connectivity index is 1.35. The highest BCUT2D eigenvalue weighted by atomic mass is 16.3. The van der Waals surface area contributed by atoms with Crippen molar-refractivity contribution >= 4 is 43.5 Å². The van der Waals surface area contributed by atoms with Crippen LogP contribution in [0.1, 0.15) is 45.6 Å². The van der Waals surface area contributed by atoms with Crippen LogP contribution < -0.4 is 0 Å². The molecule has 9 rings (SSSR count). The molecule has 1 aromatic heterocycles. The summed E-state index contributed by atoms with van der Waals surface area (Å²) in [5, 5.41) is 0.403. The van der Waals surface area contributed by atoms with Crippen molar-refractivity contribution in [2.45, 2.75) is 12.8 Å². The van der Waals surface area contributed by atoms with Gasteiger partial charge in [0.25, 0.3) is 0 Å². The maximum absolute atomic E-state index is 9.66. The fraction of sp³-hybridized carbons (Fsp3) is 0.0435. The number of benzene rings is 8. The highest BCUT2D eigenvalue weighted by Gasteiger charge is 2.16. The number of furan rings is 1. The molecule has 0 bridgehead atoms. The molecular formula is C46H32O. The molecule has 8 aromatic carbocycles. The Kier molecular flexibility index (Phi) is 3.69. The molecule has 0 aliphatic carbocycles. The van der Waals surface area contributed by atoms with E-state index in [4.69, 9.17) is 20.9 Å². The molecule has 0 amide bonds. The summed E-state index contributed by atoms with van der Waals surface area (Å²) in [6.07, 6.45) is -1.19. The fourth-order valence-electron chi connectivity index (χ4n) is 6.26. The van der Waals surface area contributed by atoms with Gasteiger partial charge in [-0.2, -0.15) is 0 Å². The first kappa shape index (κ1) is 15.1. The highest BCUT2D eigenvalue weighted by molar-refractivity contribution is 6.10. The van der Waals surface area contributed by atoms with Gasteiger partial charge in [-0.15, -0.1) is 0 Å². The Morgan fingerprint density at radius 3 is 1.79 bits per heavy atom. The average molecular weight is 618 g/mol. The molecule has 0 aliphatic heterocycles. The van der Waals surface area contributed by atoms with Crippen LogP contribution in [0.5, 0.6) is 0 Å². The van der Waals surface area contributed by atoms with Crippen molar-refractivity contribution in [3.63, 3.8) is 0 Å². The third kappa shape index (κ3) is 4.88. The number of hydrogen-bond acceptors (Lipinski definition) is 1. The van der Waals surface area contributed by atoms with E-state index in [0.29, 0.717) is 16.6 Å². The van der Waals surface area contributed by atoms with Crippen molar-refractivity contribution in [3.8, 4) is 22.3 Å². The molecule has 9 aromatic rings. The van der Waals surface area contributed by atoms with Crippen molar-refractivity contribution < 1.29 is 27.7 Å². The van der Waals surface area contributed by atoms with Gasteiger partial charge in [-0.25, -0.2) is 0 Å². The van der Waals surface area contributed by atoms with Gasteiger partial charge >= 0.3 is 0 Å². The third-order valence-electron chi connectivity index (χ3n) is 8.39. The highest BCUT2D eigenvalue weighted by Crippen LogP contribution is 2.39. The number of hydrogen-bond donors (Lipinski definition) is 0. The lowest BCUT2D eigenvalue weighted by molar-refractivity contribution is 0.670. The molecule has 1 nitrogen and oxygen atoms in total. The zero-order valence-corrected chi connectivity index (χ0v) is 24.7. The second-order valence-electron chi connectivity index (χ2n) is 11.1. The lowest BCUT2D eigenvalue weighted by atomic mass is 9.86. The summed E-state index contributed by atoms with van der Waals surface area (Å²) in [6.45, 7) is 0. The smallest absolute Gasteiger partial charge is 0.143 e. The second-order valence-corrected chi connectivity index (χ2v) is 11.1. The van der Waals surface area contributed by atoms with Crippen molar-refractivity contribution in [2.24, 2.45) is 0 Å². The van der Waals surface area contributed by atoms with Crippen LogP contribution >= 0.6 is 0 Å². The second kappa shape index (κ2) is 11.5. The van der Waals surface area contributed by atoms with E-state index in [0.717, 1.165) is 16.5 Å². The maximum Gasteiger partial charge on any atom is 0.143 e. The van der Waals surface area contributed by atoms with E-state index in [1.165, 1.54) is 0 Å². The topological polar surface area (TPSA) is 13.1 Å². The van der Waals surface area contributed by atoms with Crippen LogP contribution in [0.2, 0.25) is 0 Å². The largest absolute Gasteiger partial charge is 0.455 e. The molecule has 0 saturated carbocycles. The number of fused-ring (bicyclic) bond motifs is 5. The van der Waals surface area contributed by atoms with Gasteiger partial charge in [-0.1, -0.05) is 157 Å². The van der Waals surface area contributed by atoms with Crippen LogP contribution in [0.25, 0.3) is 65.7 Å². The van der Waals surface area contributed by atoms with E-state index in [1.54, 1.807) is 12.1 Å². The van der Waals surface area contributed by atoms with Crippen molar-refractivity contribution in [1.82, 2.24) is 0 Å². The Morgan fingerprint density at radius 2 is 1.09 bits per heavy atom. The predicted molar refractivity (Wildman–Crippen MR) is 198 cm³/mol. The summed E-state index contributed by atoms with van der Waals surface area (Å²) in [4.78, 5) is 0. The lowest BCUT2D eigenvalue weighted by Crippen LogP contribution is -1.98. The fourth-order valence-corrected chi connectivity index (χ4v) is 6.26. The first-order chi connectivity index (χ1) is 30.4. The number of rotatable bonds is 6. The Bertz CT molecular complexity index is 3420. The van der Waals surface area contributed by atoms with Gasteiger partial charge in [0.15, 0.2) is 0 Å².